The van der Waals surface area contributed by atoms with E-state index in [1.807, 2.05) is 0 Å². The van der Waals surface area contributed by atoms with Crippen molar-refractivity contribution in [3.63, 3.8) is 0 Å². The summed E-state index contributed by atoms with van der Waals surface area (Å²) in [6.45, 7) is 0. The highest BCUT2D eigenvalue weighted by molar-refractivity contribution is 6.03. The molecular formula is C12H14N4O2. The number of aromatic nitrogens is 3. The Labute approximate surface area is 104 Å². The van der Waals surface area contributed by atoms with Gasteiger partial charge in [-0.15, -0.1) is 0 Å². The molecule has 2 aromatic heterocycles. The zero-order chi connectivity index (χ0) is 12.5. The fraction of sp³-hybridized carbons (Fsp3) is 0.417. The van der Waals surface area contributed by atoms with Crippen LogP contribution in [0.3, 0.4) is 0 Å². The number of rotatable bonds is 2. The Kier molecular flexibility index (Phi) is 2.62. The van der Waals surface area contributed by atoms with Crippen molar-refractivity contribution in [3.05, 3.63) is 29.3 Å². The van der Waals surface area contributed by atoms with Crippen LogP contribution in [0.15, 0.2) is 16.8 Å². The van der Waals surface area contributed by atoms with Crippen LogP contribution in [-0.2, 0) is 19.9 Å². The van der Waals surface area contributed by atoms with E-state index in [1.54, 1.807) is 24.0 Å². The van der Waals surface area contributed by atoms with E-state index in [0.29, 0.717) is 11.5 Å². The Bertz CT molecular complexity index is 585. The monoisotopic (exact) mass is 246 g/mol. The van der Waals surface area contributed by atoms with E-state index in [0.717, 1.165) is 37.0 Å². The van der Waals surface area contributed by atoms with Crippen molar-refractivity contribution in [1.82, 2.24) is 14.9 Å². The molecule has 94 valence electrons. The highest BCUT2D eigenvalue weighted by Crippen LogP contribution is 2.24. The molecule has 0 aromatic carbocycles. The van der Waals surface area contributed by atoms with Gasteiger partial charge in [-0.25, -0.2) is 0 Å². The Morgan fingerprint density at radius 1 is 1.44 bits per heavy atom. The number of hydrogen-bond acceptors (Lipinski definition) is 4. The first kappa shape index (κ1) is 11.0. The van der Waals surface area contributed by atoms with Crippen LogP contribution in [0.5, 0.6) is 0 Å². The van der Waals surface area contributed by atoms with Crippen molar-refractivity contribution >= 4 is 11.7 Å². The summed E-state index contributed by atoms with van der Waals surface area (Å²) < 4.78 is 6.85. The van der Waals surface area contributed by atoms with E-state index in [2.05, 4.69) is 15.6 Å². The van der Waals surface area contributed by atoms with Crippen molar-refractivity contribution in [3.8, 4) is 0 Å². The third-order valence-electron chi connectivity index (χ3n) is 3.12. The largest absolute Gasteiger partial charge is 0.360 e. The van der Waals surface area contributed by atoms with Gasteiger partial charge in [0.05, 0.1) is 0 Å². The molecule has 6 nitrogen and oxygen atoms in total. The second-order valence-corrected chi connectivity index (χ2v) is 4.47. The van der Waals surface area contributed by atoms with E-state index in [9.17, 15) is 4.79 Å². The van der Waals surface area contributed by atoms with Gasteiger partial charge in [-0.2, -0.15) is 5.10 Å². The predicted octanol–water partition coefficient (Wildman–Crippen LogP) is 1.54. The van der Waals surface area contributed by atoms with Gasteiger partial charge in [-0.3, -0.25) is 9.48 Å². The van der Waals surface area contributed by atoms with Crippen LogP contribution in [0.1, 0.15) is 34.7 Å². The van der Waals surface area contributed by atoms with Crippen LogP contribution in [0.2, 0.25) is 0 Å². The second kappa shape index (κ2) is 4.29. The first-order chi connectivity index (χ1) is 8.74. The van der Waals surface area contributed by atoms with Gasteiger partial charge in [-0.05, 0) is 19.3 Å². The van der Waals surface area contributed by atoms with E-state index in [-0.39, 0.29) is 5.91 Å². The maximum atomic E-state index is 12.1. The highest BCUT2D eigenvalue weighted by atomic mass is 16.5. The van der Waals surface area contributed by atoms with Gasteiger partial charge in [-0.1, -0.05) is 5.16 Å². The quantitative estimate of drug-likeness (QED) is 0.872. The van der Waals surface area contributed by atoms with Crippen molar-refractivity contribution in [1.29, 1.82) is 0 Å². The van der Waals surface area contributed by atoms with Crippen molar-refractivity contribution < 1.29 is 9.32 Å². The molecule has 0 radical (unpaired) electrons. The molecule has 2 heterocycles. The SMILES string of the molecule is Cn1ccc(NC(=O)c2noc3c2CCCC3)n1. The van der Waals surface area contributed by atoms with Crippen LogP contribution in [-0.4, -0.2) is 20.8 Å². The Morgan fingerprint density at radius 2 is 2.28 bits per heavy atom. The van der Waals surface area contributed by atoms with Gasteiger partial charge in [0.1, 0.15) is 5.76 Å². The molecule has 2 aromatic rings. The third-order valence-corrected chi connectivity index (χ3v) is 3.12. The Balaban J connectivity index is 1.82. The summed E-state index contributed by atoms with van der Waals surface area (Å²) in [4.78, 5) is 12.1. The normalized spacial score (nSPS) is 14.3. The van der Waals surface area contributed by atoms with Gasteiger partial charge in [0, 0.05) is 31.3 Å². The van der Waals surface area contributed by atoms with E-state index >= 15 is 0 Å². The van der Waals surface area contributed by atoms with Crippen LogP contribution < -0.4 is 5.32 Å². The molecule has 0 fully saturated rings. The third kappa shape index (κ3) is 1.90. The minimum Gasteiger partial charge on any atom is -0.360 e. The number of amides is 1. The molecule has 18 heavy (non-hydrogen) atoms. The second-order valence-electron chi connectivity index (χ2n) is 4.47. The highest BCUT2D eigenvalue weighted by Gasteiger charge is 2.24. The van der Waals surface area contributed by atoms with Gasteiger partial charge in [0.15, 0.2) is 11.5 Å². The summed E-state index contributed by atoms with van der Waals surface area (Å²) in [5, 5.41) is 10.7. The molecule has 0 saturated carbocycles. The Hall–Kier alpha value is -2.11. The van der Waals surface area contributed by atoms with E-state index in [4.69, 9.17) is 4.52 Å². The molecule has 3 rings (SSSR count). The molecule has 0 unspecified atom stereocenters. The van der Waals surface area contributed by atoms with Crippen molar-refractivity contribution in [2.45, 2.75) is 25.7 Å². The van der Waals surface area contributed by atoms with Crippen molar-refractivity contribution in [2.75, 3.05) is 5.32 Å². The number of hydrogen-bond donors (Lipinski definition) is 1. The summed E-state index contributed by atoms with van der Waals surface area (Å²) in [6, 6.07) is 1.74. The number of anilines is 1. The molecule has 0 bridgehead atoms. The molecule has 1 aliphatic carbocycles. The molecule has 1 aliphatic rings. The topological polar surface area (TPSA) is 73.0 Å². The summed E-state index contributed by atoms with van der Waals surface area (Å²) in [5.74, 6) is 1.13. The molecule has 0 spiro atoms. The van der Waals surface area contributed by atoms with E-state index in [1.165, 1.54) is 0 Å². The number of fused-ring (bicyclic) bond motifs is 1. The number of carbonyl (C=O) groups is 1. The van der Waals surface area contributed by atoms with E-state index < -0.39 is 0 Å². The smallest absolute Gasteiger partial charge is 0.279 e. The molecule has 0 atom stereocenters. The number of carbonyl (C=O) groups excluding carboxylic acids is 1. The minimum absolute atomic E-state index is 0.249. The lowest BCUT2D eigenvalue weighted by molar-refractivity contribution is 0.101. The predicted molar refractivity (Wildman–Crippen MR) is 64.3 cm³/mol. The zero-order valence-electron chi connectivity index (χ0n) is 10.1. The van der Waals surface area contributed by atoms with Crippen LogP contribution in [0.25, 0.3) is 0 Å². The molecule has 1 N–H and O–H groups in total. The average Bonchev–Trinajstić information content (AvgIpc) is 2.95. The standard InChI is InChI=1S/C12H14N4O2/c1-16-7-6-10(14-16)13-12(17)11-8-4-2-3-5-9(8)18-15-11/h6-7H,2-5H2,1H3,(H,13,14,17). The molecule has 1 amide bonds. The zero-order valence-corrected chi connectivity index (χ0v) is 10.1. The van der Waals surface area contributed by atoms with Gasteiger partial charge < -0.3 is 9.84 Å². The van der Waals surface area contributed by atoms with Crippen LogP contribution >= 0.6 is 0 Å². The summed E-state index contributed by atoms with van der Waals surface area (Å²) in [6.07, 6.45) is 5.69. The molecule has 6 heteroatoms. The fourth-order valence-corrected chi connectivity index (χ4v) is 2.22. The van der Waals surface area contributed by atoms with Gasteiger partial charge in [0.2, 0.25) is 0 Å². The van der Waals surface area contributed by atoms with Crippen molar-refractivity contribution in [2.24, 2.45) is 7.05 Å². The maximum absolute atomic E-state index is 12.1. The molecule has 0 aliphatic heterocycles. The summed E-state index contributed by atoms with van der Waals surface area (Å²) in [5.41, 5.74) is 1.35. The number of nitrogens with one attached hydrogen (secondary N) is 1. The molecular weight excluding hydrogens is 232 g/mol. The van der Waals surface area contributed by atoms with Gasteiger partial charge >= 0.3 is 0 Å². The molecule has 0 saturated heterocycles. The lowest BCUT2D eigenvalue weighted by Crippen LogP contribution is -2.16. The first-order valence-corrected chi connectivity index (χ1v) is 6.02. The van der Waals surface area contributed by atoms with Crippen LogP contribution in [0.4, 0.5) is 5.82 Å². The maximum Gasteiger partial charge on any atom is 0.279 e. The number of aryl methyl sites for hydroxylation is 2. The average molecular weight is 246 g/mol. The lowest BCUT2D eigenvalue weighted by atomic mass is 9.96. The Morgan fingerprint density at radius 3 is 3.06 bits per heavy atom. The minimum atomic E-state index is -0.249. The lowest BCUT2D eigenvalue weighted by Gasteiger charge is -2.08. The first-order valence-electron chi connectivity index (χ1n) is 6.02. The fourth-order valence-electron chi connectivity index (χ4n) is 2.22. The summed E-state index contributed by atoms with van der Waals surface area (Å²) >= 11 is 0. The van der Waals surface area contributed by atoms with Crippen LogP contribution in [0, 0.1) is 0 Å². The number of nitrogens with zero attached hydrogens (tertiary/aromatic N) is 3. The van der Waals surface area contributed by atoms with Gasteiger partial charge in [0.25, 0.3) is 5.91 Å². The summed E-state index contributed by atoms with van der Waals surface area (Å²) in [7, 11) is 1.80.